The molecule has 2 nitrogen and oxygen atoms in total. The van der Waals surface area contributed by atoms with Crippen LogP contribution in [0.15, 0.2) is 17.8 Å². The van der Waals surface area contributed by atoms with Gasteiger partial charge in [-0.15, -0.1) is 0 Å². The zero-order valence-corrected chi connectivity index (χ0v) is 9.87. The van der Waals surface area contributed by atoms with Gasteiger partial charge in [-0.3, -0.25) is 4.68 Å². The Hall–Kier alpha value is -0.570. The summed E-state index contributed by atoms with van der Waals surface area (Å²) in [6.45, 7) is 4.40. The number of alkyl halides is 1. The van der Waals surface area contributed by atoms with E-state index >= 15 is 0 Å². The van der Waals surface area contributed by atoms with E-state index in [1.807, 2.05) is 24.0 Å². The number of allylic oxidation sites excluding steroid dienone is 1. The van der Waals surface area contributed by atoms with E-state index in [2.05, 4.69) is 41.0 Å². The van der Waals surface area contributed by atoms with Crippen LogP contribution < -0.4 is 0 Å². The van der Waals surface area contributed by atoms with Crippen LogP contribution in [0.25, 0.3) is 6.08 Å². The third-order valence-corrected chi connectivity index (χ3v) is 2.74. The Balaban J connectivity index is 2.91. The minimum absolute atomic E-state index is 0.578. The number of hydrogen-bond acceptors (Lipinski definition) is 1. The first-order valence-corrected chi connectivity index (χ1v) is 5.51. The summed E-state index contributed by atoms with van der Waals surface area (Å²) in [6, 6.07) is 2.02. The highest BCUT2D eigenvalue weighted by Gasteiger charge is 2.02. The second-order valence-electron chi connectivity index (χ2n) is 3.39. The van der Waals surface area contributed by atoms with E-state index in [9.17, 15) is 0 Å². The van der Waals surface area contributed by atoms with Crippen LogP contribution in [0.2, 0.25) is 0 Å². The normalized spacial score (nSPS) is 12.5. The van der Waals surface area contributed by atoms with Crippen molar-refractivity contribution in [2.75, 3.05) is 5.33 Å². The van der Waals surface area contributed by atoms with E-state index in [0.29, 0.717) is 5.92 Å². The van der Waals surface area contributed by atoms with Gasteiger partial charge in [-0.25, -0.2) is 0 Å². The first kappa shape index (κ1) is 10.5. The minimum Gasteiger partial charge on any atom is -0.269 e. The highest BCUT2D eigenvalue weighted by molar-refractivity contribution is 9.09. The lowest BCUT2D eigenvalue weighted by Gasteiger charge is -2.07. The van der Waals surface area contributed by atoms with E-state index < -0.39 is 0 Å². The molecule has 0 aliphatic rings. The van der Waals surface area contributed by atoms with Crippen LogP contribution in [0, 0.1) is 5.92 Å². The Labute approximate surface area is 87.8 Å². The van der Waals surface area contributed by atoms with Gasteiger partial charge in [-0.2, -0.15) is 5.10 Å². The van der Waals surface area contributed by atoms with Crippen molar-refractivity contribution in [2.24, 2.45) is 13.0 Å². The number of aromatic nitrogens is 2. The van der Waals surface area contributed by atoms with Gasteiger partial charge in [0.15, 0.2) is 0 Å². The molecule has 0 aliphatic heterocycles. The Morgan fingerprint density at radius 3 is 2.77 bits per heavy atom. The molecule has 0 fully saturated rings. The summed E-state index contributed by atoms with van der Waals surface area (Å²) in [5.41, 5.74) is 2.55. The number of hydrogen-bond donors (Lipinski definition) is 0. The van der Waals surface area contributed by atoms with Crippen molar-refractivity contribution < 1.29 is 0 Å². The summed E-state index contributed by atoms with van der Waals surface area (Å²) in [7, 11) is 1.96. The summed E-state index contributed by atoms with van der Waals surface area (Å²) in [5, 5.41) is 5.05. The Kier molecular flexibility index (Phi) is 3.72. The van der Waals surface area contributed by atoms with E-state index in [1.54, 1.807) is 0 Å². The van der Waals surface area contributed by atoms with Crippen LogP contribution in [0.3, 0.4) is 0 Å². The molecule has 0 aromatic carbocycles. The topological polar surface area (TPSA) is 17.8 Å². The van der Waals surface area contributed by atoms with Crippen molar-refractivity contribution in [1.82, 2.24) is 9.78 Å². The van der Waals surface area contributed by atoms with Crippen molar-refractivity contribution >= 4 is 22.0 Å². The van der Waals surface area contributed by atoms with Gasteiger partial charge in [0, 0.05) is 18.6 Å². The average Bonchev–Trinajstić information content (AvgIpc) is 2.46. The van der Waals surface area contributed by atoms with Crippen LogP contribution in [-0.4, -0.2) is 15.1 Å². The van der Waals surface area contributed by atoms with Crippen molar-refractivity contribution in [2.45, 2.75) is 13.8 Å². The fraction of sp³-hybridized carbons (Fsp3) is 0.500. The van der Waals surface area contributed by atoms with Gasteiger partial charge in [0.25, 0.3) is 0 Å². The molecule has 0 aliphatic carbocycles. The van der Waals surface area contributed by atoms with Gasteiger partial charge in [-0.1, -0.05) is 35.4 Å². The first-order chi connectivity index (χ1) is 6.15. The standard InChI is InChI=1S/C10H15BrN2/c1-8(2)9(7-11)6-10-4-5-12-13(10)3/h4-6,8H,7H2,1-3H3. The maximum atomic E-state index is 4.12. The predicted molar refractivity (Wildman–Crippen MR) is 59.8 cm³/mol. The van der Waals surface area contributed by atoms with Crippen LogP contribution >= 0.6 is 15.9 Å². The second kappa shape index (κ2) is 4.61. The molecule has 13 heavy (non-hydrogen) atoms. The molecule has 3 heteroatoms. The second-order valence-corrected chi connectivity index (χ2v) is 3.95. The highest BCUT2D eigenvalue weighted by atomic mass is 79.9. The molecule has 0 bridgehead atoms. The van der Waals surface area contributed by atoms with Crippen LogP contribution in [0.1, 0.15) is 19.5 Å². The van der Waals surface area contributed by atoms with Gasteiger partial charge in [-0.05, 0) is 18.1 Å². The minimum atomic E-state index is 0.578. The quantitative estimate of drug-likeness (QED) is 0.746. The highest BCUT2D eigenvalue weighted by Crippen LogP contribution is 2.16. The largest absolute Gasteiger partial charge is 0.269 e. The molecule has 72 valence electrons. The lowest BCUT2D eigenvalue weighted by atomic mass is 10.0. The van der Waals surface area contributed by atoms with Crippen LogP contribution in [0.5, 0.6) is 0 Å². The third kappa shape index (κ3) is 2.69. The number of aryl methyl sites for hydroxylation is 1. The fourth-order valence-electron chi connectivity index (χ4n) is 1.08. The molecule has 1 heterocycles. The molecule has 0 amide bonds. The molecule has 0 atom stereocenters. The number of halogens is 1. The maximum Gasteiger partial charge on any atom is 0.0606 e. The Bertz CT molecular complexity index is 300. The molecular weight excluding hydrogens is 228 g/mol. The molecule has 0 N–H and O–H groups in total. The number of rotatable bonds is 3. The summed E-state index contributed by atoms with van der Waals surface area (Å²) < 4.78 is 1.88. The van der Waals surface area contributed by atoms with Crippen molar-refractivity contribution in [3.05, 3.63) is 23.5 Å². The smallest absolute Gasteiger partial charge is 0.0606 e. The van der Waals surface area contributed by atoms with E-state index in [0.717, 1.165) is 11.0 Å². The SMILES string of the molecule is CC(C)C(=Cc1ccnn1C)CBr. The van der Waals surface area contributed by atoms with E-state index in [-0.39, 0.29) is 0 Å². The fourth-order valence-corrected chi connectivity index (χ4v) is 1.88. The predicted octanol–water partition coefficient (Wildman–Crippen LogP) is 2.85. The van der Waals surface area contributed by atoms with Crippen LogP contribution in [0.4, 0.5) is 0 Å². The molecule has 0 radical (unpaired) electrons. The molecule has 0 unspecified atom stereocenters. The molecule has 1 rings (SSSR count). The van der Waals surface area contributed by atoms with E-state index in [4.69, 9.17) is 0 Å². The molecular formula is C10H15BrN2. The summed E-state index contributed by atoms with van der Waals surface area (Å²) in [6.07, 6.45) is 4.00. The number of nitrogens with zero attached hydrogens (tertiary/aromatic N) is 2. The van der Waals surface area contributed by atoms with Gasteiger partial charge in [0.1, 0.15) is 0 Å². The molecule has 0 spiro atoms. The Morgan fingerprint density at radius 1 is 1.69 bits per heavy atom. The molecule has 0 saturated carbocycles. The van der Waals surface area contributed by atoms with E-state index in [1.165, 1.54) is 5.57 Å². The van der Waals surface area contributed by atoms with Gasteiger partial charge in [0.2, 0.25) is 0 Å². The van der Waals surface area contributed by atoms with Gasteiger partial charge in [0.05, 0.1) is 5.69 Å². The first-order valence-electron chi connectivity index (χ1n) is 4.39. The van der Waals surface area contributed by atoms with Gasteiger partial charge < -0.3 is 0 Å². The average molecular weight is 243 g/mol. The zero-order valence-electron chi connectivity index (χ0n) is 8.29. The van der Waals surface area contributed by atoms with Crippen LogP contribution in [-0.2, 0) is 7.05 Å². The monoisotopic (exact) mass is 242 g/mol. The summed E-state index contributed by atoms with van der Waals surface area (Å²) in [4.78, 5) is 0. The lowest BCUT2D eigenvalue weighted by molar-refractivity contribution is 0.750. The third-order valence-electron chi connectivity index (χ3n) is 2.09. The van der Waals surface area contributed by atoms with Gasteiger partial charge >= 0.3 is 0 Å². The maximum absolute atomic E-state index is 4.12. The van der Waals surface area contributed by atoms with Crippen molar-refractivity contribution in [3.63, 3.8) is 0 Å². The Morgan fingerprint density at radius 2 is 2.38 bits per heavy atom. The summed E-state index contributed by atoms with van der Waals surface area (Å²) in [5.74, 6) is 0.578. The summed E-state index contributed by atoms with van der Waals surface area (Å²) >= 11 is 3.49. The lowest BCUT2D eigenvalue weighted by Crippen LogP contribution is -1.98. The van der Waals surface area contributed by atoms with Crippen molar-refractivity contribution in [3.8, 4) is 0 Å². The molecule has 1 aromatic rings. The van der Waals surface area contributed by atoms with Crippen molar-refractivity contribution in [1.29, 1.82) is 0 Å². The molecule has 0 saturated heterocycles. The molecule has 1 aromatic heterocycles. The zero-order chi connectivity index (χ0) is 9.84.